The van der Waals surface area contributed by atoms with E-state index in [1.54, 1.807) is 0 Å². The Labute approximate surface area is 111 Å². The van der Waals surface area contributed by atoms with E-state index in [0.717, 1.165) is 12.1 Å². The van der Waals surface area contributed by atoms with Crippen LogP contribution in [0, 0.1) is 11.8 Å². The Morgan fingerprint density at radius 3 is 2.70 bits per heavy atom. The molecule has 1 rings (SSSR count). The number of carboxylic acid groups (broad SMARTS) is 1. The lowest BCUT2D eigenvalue weighted by Crippen LogP contribution is -2.08. The molecule has 0 saturated carbocycles. The largest absolute Gasteiger partial charge is 0.478 e. The number of azide groups is 1. The molecule has 0 aliphatic carbocycles. The van der Waals surface area contributed by atoms with Gasteiger partial charge in [-0.2, -0.15) is 13.2 Å². The summed E-state index contributed by atoms with van der Waals surface area (Å²) >= 11 is 0. The molecular weight excluding hydrogens is 275 g/mol. The van der Waals surface area contributed by atoms with Crippen LogP contribution in [0.2, 0.25) is 0 Å². The zero-order valence-electron chi connectivity index (χ0n) is 9.98. The number of benzene rings is 1. The van der Waals surface area contributed by atoms with E-state index in [0.29, 0.717) is 6.07 Å². The second-order valence-corrected chi connectivity index (χ2v) is 3.57. The first-order valence-corrected chi connectivity index (χ1v) is 5.30. The van der Waals surface area contributed by atoms with Crippen LogP contribution in [0.15, 0.2) is 23.3 Å². The average molecular weight is 283 g/mol. The predicted octanol–water partition coefficient (Wildman–Crippen LogP) is 3.46. The standard InChI is InChI=1S/C12H8F3N3O2/c13-12(14,15)9-5-4-8(10(7-9)11(19)20)3-1-2-6-17-18-16/h4-5,7H,2,6H2,(H,19,20). The first kappa shape index (κ1) is 15.4. The number of hydrogen-bond acceptors (Lipinski definition) is 2. The van der Waals surface area contributed by atoms with Gasteiger partial charge in [-0.25, -0.2) is 4.79 Å². The van der Waals surface area contributed by atoms with Crippen molar-refractivity contribution in [2.45, 2.75) is 12.6 Å². The molecule has 104 valence electrons. The summed E-state index contributed by atoms with van der Waals surface area (Å²) in [6.45, 7) is 0.104. The monoisotopic (exact) mass is 283 g/mol. The Morgan fingerprint density at radius 1 is 1.45 bits per heavy atom. The van der Waals surface area contributed by atoms with Gasteiger partial charge in [-0.3, -0.25) is 0 Å². The highest BCUT2D eigenvalue weighted by molar-refractivity contribution is 5.91. The molecule has 0 fully saturated rings. The molecule has 0 saturated heterocycles. The zero-order valence-corrected chi connectivity index (χ0v) is 9.98. The Balaban J connectivity index is 3.08. The third kappa shape index (κ3) is 4.23. The fourth-order valence-corrected chi connectivity index (χ4v) is 1.31. The van der Waals surface area contributed by atoms with Gasteiger partial charge < -0.3 is 5.11 Å². The molecule has 5 nitrogen and oxygen atoms in total. The van der Waals surface area contributed by atoms with Crippen molar-refractivity contribution in [1.29, 1.82) is 0 Å². The van der Waals surface area contributed by atoms with Crippen molar-refractivity contribution in [3.8, 4) is 11.8 Å². The molecule has 0 atom stereocenters. The summed E-state index contributed by atoms with van der Waals surface area (Å²) in [6.07, 6.45) is -4.43. The number of halogens is 3. The molecule has 0 heterocycles. The number of aromatic carboxylic acids is 1. The van der Waals surface area contributed by atoms with Crippen molar-refractivity contribution in [2.24, 2.45) is 5.11 Å². The van der Waals surface area contributed by atoms with Crippen LogP contribution in [-0.2, 0) is 6.18 Å². The van der Waals surface area contributed by atoms with Crippen molar-refractivity contribution in [2.75, 3.05) is 6.54 Å². The van der Waals surface area contributed by atoms with Crippen molar-refractivity contribution in [3.05, 3.63) is 45.3 Å². The lowest BCUT2D eigenvalue weighted by atomic mass is 10.0. The average Bonchev–Trinajstić information content (AvgIpc) is 2.37. The Bertz CT molecular complexity index is 623. The van der Waals surface area contributed by atoms with Crippen molar-refractivity contribution in [3.63, 3.8) is 0 Å². The van der Waals surface area contributed by atoms with Gasteiger partial charge in [0.15, 0.2) is 0 Å². The maximum atomic E-state index is 12.5. The smallest absolute Gasteiger partial charge is 0.416 e. The van der Waals surface area contributed by atoms with E-state index in [-0.39, 0.29) is 18.5 Å². The molecule has 8 heteroatoms. The Morgan fingerprint density at radius 2 is 2.15 bits per heavy atom. The number of hydrogen-bond donors (Lipinski definition) is 1. The lowest BCUT2D eigenvalue weighted by Gasteiger charge is -2.08. The van der Waals surface area contributed by atoms with Gasteiger partial charge in [0.05, 0.1) is 11.1 Å². The van der Waals surface area contributed by atoms with Gasteiger partial charge >= 0.3 is 12.1 Å². The van der Waals surface area contributed by atoms with Crippen LogP contribution in [0.4, 0.5) is 13.2 Å². The molecule has 0 unspecified atom stereocenters. The van der Waals surface area contributed by atoms with Crippen LogP contribution < -0.4 is 0 Å². The number of carbonyl (C=O) groups is 1. The van der Waals surface area contributed by atoms with Gasteiger partial charge in [0.1, 0.15) is 0 Å². The summed E-state index contributed by atoms with van der Waals surface area (Å²) in [7, 11) is 0. The van der Waals surface area contributed by atoms with Crippen LogP contribution in [0.3, 0.4) is 0 Å². The highest BCUT2D eigenvalue weighted by atomic mass is 19.4. The summed E-state index contributed by atoms with van der Waals surface area (Å²) in [5, 5.41) is 12.1. The van der Waals surface area contributed by atoms with Crippen LogP contribution >= 0.6 is 0 Å². The highest BCUT2D eigenvalue weighted by Crippen LogP contribution is 2.30. The van der Waals surface area contributed by atoms with E-state index in [1.807, 2.05) is 0 Å². The lowest BCUT2D eigenvalue weighted by molar-refractivity contribution is -0.137. The van der Waals surface area contributed by atoms with E-state index in [9.17, 15) is 18.0 Å². The van der Waals surface area contributed by atoms with Crippen molar-refractivity contribution < 1.29 is 23.1 Å². The number of alkyl halides is 3. The summed E-state index contributed by atoms with van der Waals surface area (Å²) in [5.41, 5.74) is 6.45. The van der Waals surface area contributed by atoms with E-state index in [4.69, 9.17) is 10.6 Å². The Hall–Kier alpha value is -2.65. The molecule has 0 radical (unpaired) electrons. The fraction of sp³-hybridized carbons (Fsp3) is 0.250. The maximum absolute atomic E-state index is 12.5. The highest BCUT2D eigenvalue weighted by Gasteiger charge is 2.31. The van der Waals surface area contributed by atoms with Gasteiger partial charge in [-0.1, -0.05) is 17.0 Å². The maximum Gasteiger partial charge on any atom is 0.416 e. The molecule has 0 aliphatic rings. The molecule has 0 spiro atoms. The van der Waals surface area contributed by atoms with Crippen molar-refractivity contribution >= 4 is 5.97 Å². The molecule has 1 aromatic carbocycles. The van der Waals surface area contributed by atoms with Gasteiger partial charge in [0, 0.05) is 23.4 Å². The van der Waals surface area contributed by atoms with Crippen LogP contribution in [0.5, 0.6) is 0 Å². The summed E-state index contributed by atoms with van der Waals surface area (Å²) in [4.78, 5) is 13.4. The van der Waals surface area contributed by atoms with Gasteiger partial charge in [-0.05, 0) is 23.7 Å². The third-order valence-electron chi connectivity index (χ3n) is 2.20. The second-order valence-electron chi connectivity index (χ2n) is 3.57. The molecule has 0 bridgehead atoms. The molecule has 0 aliphatic heterocycles. The zero-order chi connectivity index (χ0) is 15.2. The van der Waals surface area contributed by atoms with Crippen LogP contribution in [0.25, 0.3) is 10.4 Å². The summed E-state index contributed by atoms with van der Waals surface area (Å²) < 4.78 is 37.4. The summed E-state index contributed by atoms with van der Waals surface area (Å²) in [6, 6.07) is 2.32. The minimum absolute atomic E-state index is 0.0218. The third-order valence-corrected chi connectivity index (χ3v) is 2.20. The van der Waals surface area contributed by atoms with Crippen LogP contribution in [0.1, 0.15) is 27.9 Å². The SMILES string of the molecule is [N-]=[N+]=NCCC#Cc1ccc(C(F)(F)F)cc1C(=O)O. The van der Waals surface area contributed by atoms with Gasteiger partial charge in [0.25, 0.3) is 0 Å². The van der Waals surface area contributed by atoms with Gasteiger partial charge in [0.2, 0.25) is 0 Å². The van der Waals surface area contributed by atoms with E-state index >= 15 is 0 Å². The molecular formula is C12H8F3N3O2. The van der Waals surface area contributed by atoms with E-state index in [1.165, 1.54) is 0 Å². The number of rotatable bonds is 3. The summed E-state index contributed by atoms with van der Waals surface area (Å²) in [5.74, 6) is 3.49. The minimum Gasteiger partial charge on any atom is -0.478 e. The molecule has 0 amide bonds. The fourth-order valence-electron chi connectivity index (χ4n) is 1.31. The van der Waals surface area contributed by atoms with Gasteiger partial charge in [-0.15, -0.1) is 0 Å². The first-order valence-electron chi connectivity index (χ1n) is 5.30. The number of carboxylic acids is 1. The van der Waals surface area contributed by atoms with E-state index < -0.39 is 23.3 Å². The van der Waals surface area contributed by atoms with Crippen molar-refractivity contribution in [1.82, 2.24) is 0 Å². The first-order chi connectivity index (χ1) is 9.36. The predicted molar refractivity (Wildman–Crippen MR) is 63.9 cm³/mol. The number of nitrogens with zero attached hydrogens (tertiary/aromatic N) is 3. The second kappa shape index (κ2) is 6.50. The normalized spacial score (nSPS) is 10.2. The molecule has 1 N–H and O–H groups in total. The quantitative estimate of drug-likeness (QED) is 0.303. The van der Waals surface area contributed by atoms with E-state index in [2.05, 4.69) is 21.9 Å². The van der Waals surface area contributed by atoms with Crippen LogP contribution in [-0.4, -0.2) is 17.6 Å². The molecule has 20 heavy (non-hydrogen) atoms. The minimum atomic E-state index is -4.61. The Kier molecular flexibility index (Phi) is 5.01. The molecule has 0 aromatic heterocycles. The molecule has 1 aromatic rings. The topological polar surface area (TPSA) is 86.1 Å².